The molecule has 1 aliphatic rings. The van der Waals surface area contributed by atoms with E-state index in [1.807, 2.05) is 20.1 Å². The Hall–Kier alpha value is -0.750. The molecule has 0 saturated heterocycles. The highest BCUT2D eigenvalue weighted by molar-refractivity contribution is 8.13. The van der Waals surface area contributed by atoms with Crippen molar-refractivity contribution in [2.75, 3.05) is 6.26 Å². The smallest absolute Gasteiger partial charge is 0.267 e. The maximum absolute atomic E-state index is 11.7. The molecular weight excluding hydrogens is 200 g/mol. The fraction of sp³-hybridized carbons (Fsp3) is 0.750. The Bertz CT molecular complexity index is 256. The molecule has 0 aromatic heterocycles. The normalized spacial score (nSPS) is 24.3. The first kappa shape index (κ1) is 11.3. The average Bonchev–Trinajstić information content (AvgIpc) is 2.21. The van der Waals surface area contributed by atoms with Crippen LogP contribution in [0.25, 0.3) is 0 Å². The van der Waals surface area contributed by atoms with E-state index in [1.165, 1.54) is 11.8 Å². The van der Waals surface area contributed by atoms with E-state index >= 15 is 0 Å². The van der Waals surface area contributed by atoms with Crippen molar-refractivity contribution in [3.05, 3.63) is 0 Å². The summed E-state index contributed by atoms with van der Waals surface area (Å²) in [6, 6.07) is -0.291. The maximum atomic E-state index is 11.7. The number of hydrazine groups is 1. The predicted octanol–water partition coefficient (Wildman–Crippen LogP) is 0.341. The van der Waals surface area contributed by atoms with Crippen molar-refractivity contribution in [1.29, 1.82) is 0 Å². The number of hydrazone groups is 1. The van der Waals surface area contributed by atoms with E-state index in [-0.39, 0.29) is 17.9 Å². The van der Waals surface area contributed by atoms with Crippen LogP contribution >= 0.6 is 11.8 Å². The second-order valence-corrected chi connectivity index (χ2v) is 4.07. The van der Waals surface area contributed by atoms with E-state index < -0.39 is 0 Å². The van der Waals surface area contributed by atoms with Gasteiger partial charge in [-0.25, -0.2) is 10.9 Å². The first-order valence-electron chi connectivity index (χ1n) is 4.57. The maximum Gasteiger partial charge on any atom is 0.267 e. The Morgan fingerprint density at radius 1 is 1.79 bits per heavy atom. The molecule has 3 N–H and O–H groups in total. The summed E-state index contributed by atoms with van der Waals surface area (Å²) in [6.45, 7) is 4.04. The summed E-state index contributed by atoms with van der Waals surface area (Å²) < 4.78 is 0. The number of thioether (sulfide) groups is 1. The lowest BCUT2D eigenvalue weighted by Gasteiger charge is -2.30. The van der Waals surface area contributed by atoms with Gasteiger partial charge in [-0.15, -0.1) is 0 Å². The zero-order valence-corrected chi connectivity index (χ0v) is 9.47. The average molecular weight is 216 g/mol. The van der Waals surface area contributed by atoms with Gasteiger partial charge in [0, 0.05) is 0 Å². The van der Waals surface area contributed by atoms with Crippen LogP contribution in [0.1, 0.15) is 20.3 Å². The molecule has 0 aromatic rings. The van der Waals surface area contributed by atoms with Crippen LogP contribution < -0.4 is 11.3 Å². The molecule has 6 heteroatoms. The molecular formula is C8H16N4OS. The van der Waals surface area contributed by atoms with Crippen LogP contribution in [-0.2, 0) is 4.79 Å². The summed E-state index contributed by atoms with van der Waals surface area (Å²) in [5.41, 5.74) is 2.85. The third kappa shape index (κ3) is 2.01. The van der Waals surface area contributed by atoms with Crippen LogP contribution in [0.2, 0.25) is 0 Å². The number of nitrogens with two attached hydrogens (primary N) is 1. The number of hydrogen-bond acceptors (Lipinski definition) is 5. The summed E-state index contributed by atoms with van der Waals surface area (Å²) in [4.78, 5) is 11.7. The first-order chi connectivity index (χ1) is 6.61. The molecule has 0 aromatic carbocycles. The molecule has 0 fully saturated rings. The lowest BCUT2D eigenvalue weighted by atomic mass is 9.99. The molecule has 80 valence electrons. The monoisotopic (exact) mass is 216 g/mol. The molecule has 1 aliphatic heterocycles. The summed E-state index contributed by atoms with van der Waals surface area (Å²) >= 11 is 1.35. The van der Waals surface area contributed by atoms with Crippen molar-refractivity contribution in [2.45, 2.75) is 26.3 Å². The molecule has 0 aliphatic carbocycles. The molecule has 1 heterocycles. The van der Waals surface area contributed by atoms with Crippen LogP contribution in [-0.4, -0.2) is 28.4 Å². The Morgan fingerprint density at radius 3 is 2.93 bits per heavy atom. The number of nitrogens with one attached hydrogen (secondary N) is 1. The number of rotatable bonds is 2. The highest BCUT2D eigenvalue weighted by atomic mass is 32.2. The van der Waals surface area contributed by atoms with Gasteiger partial charge in [0.1, 0.15) is 6.04 Å². The van der Waals surface area contributed by atoms with Gasteiger partial charge in [-0.2, -0.15) is 5.10 Å². The Kier molecular flexibility index (Phi) is 3.77. The van der Waals surface area contributed by atoms with Gasteiger partial charge in [0.15, 0.2) is 0 Å². The SMILES string of the molecule is CCC(C)C1NN=C(SC)N(N)C1=O. The quantitative estimate of drug-likeness (QED) is 0.516. The van der Waals surface area contributed by atoms with Gasteiger partial charge >= 0.3 is 0 Å². The molecule has 5 nitrogen and oxygen atoms in total. The molecule has 2 atom stereocenters. The van der Waals surface area contributed by atoms with Gasteiger partial charge in [0.25, 0.3) is 5.91 Å². The minimum Gasteiger partial charge on any atom is -0.295 e. The number of carbonyl (C=O) groups excluding carboxylic acids is 1. The minimum absolute atomic E-state index is 0.112. The van der Waals surface area contributed by atoms with Crippen molar-refractivity contribution in [2.24, 2.45) is 16.9 Å². The summed E-state index contributed by atoms with van der Waals surface area (Å²) in [5, 5.41) is 5.67. The lowest BCUT2D eigenvalue weighted by molar-refractivity contribution is -0.131. The largest absolute Gasteiger partial charge is 0.295 e. The molecule has 0 bridgehead atoms. The molecule has 14 heavy (non-hydrogen) atoms. The minimum atomic E-state index is -0.291. The third-order valence-corrected chi connectivity index (χ3v) is 3.06. The fourth-order valence-corrected chi connectivity index (χ4v) is 1.66. The topological polar surface area (TPSA) is 70.7 Å². The Labute approximate surface area is 88.1 Å². The number of amides is 1. The van der Waals surface area contributed by atoms with Gasteiger partial charge in [0.05, 0.1) is 0 Å². The van der Waals surface area contributed by atoms with E-state index in [2.05, 4.69) is 10.5 Å². The van der Waals surface area contributed by atoms with Gasteiger partial charge in [0.2, 0.25) is 5.17 Å². The second-order valence-electron chi connectivity index (χ2n) is 3.30. The zero-order valence-electron chi connectivity index (χ0n) is 8.65. The predicted molar refractivity (Wildman–Crippen MR) is 58.4 cm³/mol. The van der Waals surface area contributed by atoms with Crippen molar-refractivity contribution < 1.29 is 4.79 Å². The van der Waals surface area contributed by atoms with Crippen molar-refractivity contribution in [1.82, 2.24) is 10.4 Å². The number of hydrogen-bond donors (Lipinski definition) is 2. The van der Waals surface area contributed by atoms with Crippen LogP contribution in [0.3, 0.4) is 0 Å². The summed E-state index contributed by atoms with van der Waals surface area (Å²) in [7, 11) is 0. The van der Waals surface area contributed by atoms with Crippen molar-refractivity contribution >= 4 is 22.8 Å². The Morgan fingerprint density at radius 2 is 2.43 bits per heavy atom. The number of carbonyl (C=O) groups is 1. The highest BCUT2D eigenvalue weighted by Crippen LogP contribution is 2.15. The number of amidine groups is 1. The number of nitrogens with zero attached hydrogens (tertiary/aromatic N) is 2. The van der Waals surface area contributed by atoms with Gasteiger partial charge in [-0.1, -0.05) is 32.0 Å². The van der Waals surface area contributed by atoms with E-state index in [1.54, 1.807) is 0 Å². The summed E-state index contributed by atoms with van der Waals surface area (Å²) in [5.74, 6) is 5.73. The van der Waals surface area contributed by atoms with E-state index in [0.717, 1.165) is 11.4 Å². The molecule has 0 saturated carbocycles. The van der Waals surface area contributed by atoms with Crippen LogP contribution in [0.4, 0.5) is 0 Å². The summed E-state index contributed by atoms with van der Waals surface area (Å²) in [6.07, 6.45) is 2.75. The Balaban J connectivity index is 2.78. The van der Waals surface area contributed by atoms with Crippen LogP contribution in [0.5, 0.6) is 0 Å². The third-order valence-electron chi connectivity index (χ3n) is 2.40. The van der Waals surface area contributed by atoms with Gasteiger partial charge < -0.3 is 0 Å². The first-order valence-corrected chi connectivity index (χ1v) is 5.80. The van der Waals surface area contributed by atoms with E-state index in [4.69, 9.17) is 5.84 Å². The van der Waals surface area contributed by atoms with Crippen molar-refractivity contribution in [3.63, 3.8) is 0 Å². The molecule has 1 rings (SSSR count). The highest BCUT2D eigenvalue weighted by Gasteiger charge is 2.32. The molecule has 1 amide bonds. The van der Waals surface area contributed by atoms with E-state index in [0.29, 0.717) is 5.17 Å². The zero-order chi connectivity index (χ0) is 10.7. The molecule has 0 radical (unpaired) electrons. The lowest BCUT2D eigenvalue weighted by Crippen LogP contribution is -2.57. The second kappa shape index (κ2) is 4.65. The fourth-order valence-electron chi connectivity index (χ4n) is 1.23. The van der Waals surface area contributed by atoms with Crippen LogP contribution in [0, 0.1) is 5.92 Å². The van der Waals surface area contributed by atoms with E-state index in [9.17, 15) is 4.79 Å². The molecule has 2 unspecified atom stereocenters. The van der Waals surface area contributed by atoms with Crippen LogP contribution in [0.15, 0.2) is 5.10 Å². The van der Waals surface area contributed by atoms with Gasteiger partial charge in [-0.05, 0) is 12.2 Å². The standard InChI is InChI=1S/C8H16N4OS/c1-4-5(2)6-7(13)12(9)8(14-3)11-10-6/h5-6,10H,4,9H2,1-3H3. The van der Waals surface area contributed by atoms with Gasteiger partial charge in [-0.3, -0.25) is 10.2 Å². The van der Waals surface area contributed by atoms with Crippen molar-refractivity contribution in [3.8, 4) is 0 Å². The molecule has 0 spiro atoms.